The molecule has 0 amide bonds. The van der Waals surface area contributed by atoms with E-state index in [9.17, 15) is 4.79 Å². The average Bonchev–Trinajstić information content (AvgIpc) is 3.17. The molecule has 1 atom stereocenters. The third kappa shape index (κ3) is 2.20. The maximum atomic E-state index is 12.4. The van der Waals surface area contributed by atoms with Crippen molar-refractivity contribution in [2.24, 2.45) is 0 Å². The number of ketones is 1. The molecular formula is C18H16N2OS. The molecular weight excluding hydrogens is 292 g/mol. The molecule has 0 bridgehead atoms. The van der Waals surface area contributed by atoms with Gasteiger partial charge in [-0.25, -0.2) is 4.68 Å². The van der Waals surface area contributed by atoms with Gasteiger partial charge in [-0.05, 0) is 36.9 Å². The normalized spacial score (nSPS) is 17.5. The Morgan fingerprint density at radius 1 is 1.18 bits per heavy atom. The maximum Gasteiger partial charge on any atom is 0.166 e. The fourth-order valence-electron chi connectivity index (χ4n) is 3.08. The zero-order valence-electron chi connectivity index (χ0n) is 12.3. The number of nitrogens with zero attached hydrogens (tertiary/aromatic N) is 2. The molecule has 0 aliphatic heterocycles. The summed E-state index contributed by atoms with van der Waals surface area (Å²) in [5.41, 5.74) is 4.07. The molecule has 2 aromatic heterocycles. The quantitative estimate of drug-likeness (QED) is 0.712. The van der Waals surface area contributed by atoms with E-state index in [0.717, 1.165) is 23.4 Å². The molecule has 0 N–H and O–H groups in total. The van der Waals surface area contributed by atoms with E-state index in [1.54, 1.807) is 17.5 Å². The fourth-order valence-corrected chi connectivity index (χ4v) is 3.91. The second-order valence-electron chi connectivity index (χ2n) is 5.80. The van der Waals surface area contributed by atoms with Gasteiger partial charge in [0.1, 0.15) is 0 Å². The number of aryl methyl sites for hydroxylation is 1. The molecule has 4 rings (SSSR count). The van der Waals surface area contributed by atoms with Gasteiger partial charge in [0.25, 0.3) is 0 Å². The summed E-state index contributed by atoms with van der Waals surface area (Å²) in [7, 11) is 0. The van der Waals surface area contributed by atoms with Crippen molar-refractivity contribution >= 4 is 17.1 Å². The molecule has 1 unspecified atom stereocenters. The molecule has 0 saturated carbocycles. The smallest absolute Gasteiger partial charge is 0.166 e. The fraction of sp³-hybridized carbons (Fsp3) is 0.222. The van der Waals surface area contributed by atoms with Crippen LogP contribution in [0.5, 0.6) is 0 Å². The molecule has 3 aromatic rings. The first-order chi connectivity index (χ1) is 10.7. The van der Waals surface area contributed by atoms with Crippen molar-refractivity contribution in [1.29, 1.82) is 0 Å². The molecule has 4 heteroatoms. The first-order valence-electron chi connectivity index (χ1n) is 7.43. The number of aromatic nitrogens is 2. The van der Waals surface area contributed by atoms with Crippen LogP contribution >= 0.6 is 11.3 Å². The highest BCUT2D eigenvalue weighted by molar-refractivity contribution is 7.10. The lowest BCUT2D eigenvalue weighted by Gasteiger charge is -2.21. The van der Waals surface area contributed by atoms with E-state index < -0.39 is 0 Å². The lowest BCUT2D eigenvalue weighted by atomic mass is 9.86. The summed E-state index contributed by atoms with van der Waals surface area (Å²) in [6, 6.07) is 12.4. The van der Waals surface area contributed by atoms with Crippen LogP contribution in [0.4, 0.5) is 0 Å². The minimum atomic E-state index is 0.206. The number of hydrogen-bond acceptors (Lipinski definition) is 3. The second-order valence-corrected chi connectivity index (χ2v) is 6.78. The van der Waals surface area contributed by atoms with E-state index in [2.05, 4.69) is 53.8 Å². The Morgan fingerprint density at radius 3 is 2.73 bits per heavy atom. The predicted octanol–water partition coefficient (Wildman–Crippen LogP) is 4.15. The van der Waals surface area contributed by atoms with Crippen LogP contribution in [0.1, 0.15) is 38.8 Å². The highest BCUT2D eigenvalue weighted by Gasteiger charge is 2.30. The number of hydrogen-bond donors (Lipinski definition) is 0. The molecule has 22 heavy (non-hydrogen) atoms. The molecule has 0 radical (unpaired) electrons. The molecule has 1 aliphatic carbocycles. The summed E-state index contributed by atoms with van der Waals surface area (Å²) in [4.78, 5) is 13.7. The van der Waals surface area contributed by atoms with E-state index >= 15 is 0 Å². The van der Waals surface area contributed by atoms with Crippen LogP contribution in [-0.2, 0) is 6.42 Å². The van der Waals surface area contributed by atoms with Gasteiger partial charge in [0.15, 0.2) is 5.78 Å². The number of thiophene rings is 1. The third-order valence-corrected chi connectivity index (χ3v) is 5.30. The standard InChI is InChI=1S/C18H16N2OS/c1-12-4-6-14(7-5-12)20-16-9-13(18-3-2-8-22-18)10-17(21)15(16)11-19-20/h2-8,11,13H,9-10H2,1H3. The Kier molecular flexibility index (Phi) is 3.19. The van der Waals surface area contributed by atoms with Crippen LogP contribution in [-0.4, -0.2) is 15.6 Å². The van der Waals surface area contributed by atoms with Gasteiger partial charge in [-0.15, -0.1) is 11.3 Å². The summed E-state index contributed by atoms with van der Waals surface area (Å²) < 4.78 is 1.92. The topological polar surface area (TPSA) is 34.9 Å². The zero-order chi connectivity index (χ0) is 15.1. The van der Waals surface area contributed by atoms with Crippen molar-refractivity contribution in [3.05, 3.63) is 69.7 Å². The highest BCUT2D eigenvalue weighted by atomic mass is 32.1. The third-order valence-electron chi connectivity index (χ3n) is 4.26. The lowest BCUT2D eigenvalue weighted by molar-refractivity contribution is 0.0964. The number of carbonyl (C=O) groups is 1. The first kappa shape index (κ1) is 13.5. The Morgan fingerprint density at radius 2 is 2.00 bits per heavy atom. The van der Waals surface area contributed by atoms with Gasteiger partial charge in [-0.3, -0.25) is 4.79 Å². The first-order valence-corrected chi connectivity index (χ1v) is 8.31. The molecule has 2 heterocycles. The molecule has 0 fully saturated rings. The van der Waals surface area contributed by atoms with E-state index in [1.807, 2.05) is 4.68 Å². The van der Waals surface area contributed by atoms with Crippen molar-refractivity contribution in [2.45, 2.75) is 25.7 Å². The van der Waals surface area contributed by atoms with Crippen molar-refractivity contribution < 1.29 is 4.79 Å². The van der Waals surface area contributed by atoms with E-state index in [1.165, 1.54) is 10.4 Å². The Hall–Kier alpha value is -2.20. The van der Waals surface area contributed by atoms with Crippen molar-refractivity contribution in [1.82, 2.24) is 9.78 Å². The summed E-state index contributed by atoms with van der Waals surface area (Å²) in [6.45, 7) is 2.07. The minimum absolute atomic E-state index is 0.206. The zero-order valence-corrected chi connectivity index (χ0v) is 13.1. The lowest BCUT2D eigenvalue weighted by Crippen LogP contribution is -2.19. The largest absolute Gasteiger partial charge is 0.294 e. The number of carbonyl (C=O) groups excluding carboxylic acids is 1. The highest BCUT2D eigenvalue weighted by Crippen LogP contribution is 2.35. The monoisotopic (exact) mass is 308 g/mol. The predicted molar refractivity (Wildman–Crippen MR) is 88.0 cm³/mol. The van der Waals surface area contributed by atoms with Gasteiger partial charge >= 0.3 is 0 Å². The maximum absolute atomic E-state index is 12.4. The molecule has 1 aromatic carbocycles. The summed E-state index contributed by atoms with van der Waals surface area (Å²) in [5, 5.41) is 6.54. The van der Waals surface area contributed by atoms with E-state index in [0.29, 0.717) is 6.42 Å². The van der Waals surface area contributed by atoms with E-state index in [-0.39, 0.29) is 11.7 Å². The summed E-state index contributed by atoms with van der Waals surface area (Å²) >= 11 is 1.73. The van der Waals surface area contributed by atoms with Crippen LogP contribution < -0.4 is 0 Å². The van der Waals surface area contributed by atoms with Crippen molar-refractivity contribution in [3.63, 3.8) is 0 Å². The Balaban J connectivity index is 1.76. The number of fused-ring (bicyclic) bond motifs is 1. The minimum Gasteiger partial charge on any atom is -0.294 e. The molecule has 1 aliphatic rings. The molecule has 110 valence electrons. The van der Waals surface area contributed by atoms with Gasteiger partial charge in [0.05, 0.1) is 23.1 Å². The van der Waals surface area contributed by atoms with Gasteiger partial charge in [-0.2, -0.15) is 5.10 Å². The summed E-state index contributed by atoms with van der Waals surface area (Å²) in [5.74, 6) is 0.485. The van der Waals surface area contributed by atoms with Crippen LogP contribution in [0, 0.1) is 6.92 Å². The van der Waals surface area contributed by atoms with Gasteiger partial charge in [0.2, 0.25) is 0 Å². The number of Topliss-reactive ketones (excluding diaryl/α,β-unsaturated/α-hetero) is 1. The van der Waals surface area contributed by atoms with Crippen molar-refractivity contribution in [2.75, 3.05) is 0 Å². The van der Waals surface area contributed by atoms with E-state index in [4.69, 9.17) is 0 Å². The average molecular weight is 308 g/mol. The summed E-state index contributed by atoms with van der Waals surface area (Å²) in [6.07, 6.45) is 3.19. The van der Waals surface area contributed by atoms with Crippen LogP contribution in [0.3, 0.4) is 0 Å². The molecule has 3 nitrogen and oxygen atoms in total. The van der Waals surface area contributed by atoms with Gasteiger partial charge in [-0.1, -0.05) is 23.8 Å². The number of rotatable bonds is 2. The van der Waals surface area contributed by atoms with Gasteiger partial charge in [0, 0.05) is 17.2 Å². The van der Waals surface area contributed by atoms with Crippen LogP contribution in [0.25, 0.3) is 5.69 Å². The van der Waals surface area contributed by atoms with Crippen LogP contribution in [0.15, 0.2) is 48.0 Å². The SMILES string of the molecule is Cc1ccc(-n2ncc3c2CC(c2cccs2)CC3=O)cc1. The number of benzene rings is 1. The van der Waals surface area contributed by atoms with Gasteiger partial charge < -0.3 is 0 Å². The molecule has 0 spiro atoms. The van der Waals surface area contributed by atoms with Crippen molar-refractivity contribution in [3.8, 4) is 5.69 Å². The Labute approximate surface area is 133 Å². The molecule has 0 saturated heterocycles. The second kappa shape index (κ2) is 5.21. The van der Waals surface area contributed by atoms with Crippen LogP contribution in [0.2, 0.25) is 0 Å². The Bertz CT molecular complexity index is 815.